The number of nitrogens with zero attached hydrogens (tertiary/aromatic N) is 7. The van der Waals surface area contributed by atoms with Crippen LogP contribution in [0.5, 0.6) is 0 Å². The summed E-state index contributed by atoms with van der Waals surface area (Å²) in [6, 6.07) is 13.0. The minimum Gasteiger partial charge on any atom is -0.369 e. The van der Waals surface area contributed by atoms with Crippen molar-refractivity contribution in [1.82, 2.24) is 24.5 Å². The smallest absolute Gasteiger partial charge is 0.254 e. The zero-order valence-corrected chi connectivity index (χ0v) is 23.8. The van der Waals surface area contributed by atoms with Gasteiger partial charge in [-0.05, 0) is 38.8 Å². The third-order valence-corrected chi connectivity index (χ3v) is 7.30. The van der Waals surface area contributed by atoms with Crippen molar-refractivity contribution in [2.24, 2.45) is 0 Å². The molecule has 3 heterocycles. The van der Waals surface area contributed by atoms with Crippen molar-refractivity contribution < 1.29 is 0 Å². The summed E-state index contributed by atoms with van der Waals surface area (Å²) in [5.74, 6) is 3.36. The average molecular weight is 557 g/mol. The molecule has 2 aromatic heterocycles. The fourth-order valence-corrected chi connectivity index (χ4v) is 5.34. The van der Waals surface area contributed by atoms with E-state index in [1.165, 1.54) is 37.8 Å². The zero-order chi connectivity index (χ0) is 22.6. The van der Waals surface area contributed by atoms with Gasteiger partial charge in [-0.1, -0.05) is 37.5 Å². The van der Waals surface area contributed by atoms with Crippen molar-refractivity contribution in [3.05, 3.63) is 47.9 Å². The van der Waals surface area contributed by atoms with Gasteiger partial charge in [-0.3, -0.25) is 4.90 Å². The number of halogens is 3. The van der Waals surface area contributed by atoms with E-state index in [4.69, 9.17) is 15.1 Å². The molecule has 2 fully saturated rings. The minimum absolute atomic E-state index is 0. The van der Waals surface area contributed by atoms with Crippen molar-refractivity contribution in [1.29, 1.82) is 0 Å². The molecule has 36 heavy (non-hydrogen) atoms. The van der Waals surface area contributed by atoms with Gasteiger partial charge in [-0.15, -0.1) is 42.3 Å². The van der Waals surface area contributed by atoms with Crippen LogP contribution in [0.3, 0.4) is 0 Å². The Kier molecular flexibility index (Phi) is 12.0. The Morgan fingerprint density at radius 1 is 0.861 bits per heavy atom. The van der Waals surface area contributed by atoms with Crippen LogP contribution in [-0.2, 0) is 6.54 Å². The predicted octanol–water partition coefficient (Wildman–Crippen LogP) is 5.61. The Labute approximate surface area is 233 Å². The molecule has 1 saturated carbocycles. The van der Waals surface area contributed by atoms with Gasteiger partial charge in [0, 0.05) is 63.5 Å². The van der Waals surface area contributed by atoms with E-state index < -0.39 is 0 Å². The highest BCUT2D eigenvalue weighted by Gasteiger charge is 2.23. The lowest BCUT2D eigenvalue weighted by molar-refractivity contribution is 0.247. The number of hydrogen-bond acceptors (Lipinski definition) is 6. The molecular weight excluding hydrogens is 517 g/mol. The van der Waals surface area contributed by atoms with E-state index in [1.807, 2.05) is 4.52 Å². The molecule has 0 spiro atoms. The number of benzene rings is 1. The highest BCUT2D eigenvalue weighted by molar-refractivity contribution is 5.86. The summed E-state index contributed by atoms with van der Waals surface area (Å²) in [6.07, 6.45) is 6.33. The summed E-state index contributed by atoms with van der Waals surface area (Å²) in [5.41, 5.74) is 2.42. The number of para-hydroxylation sites is 1. The van der Waals surface area contributed by atoms with E-state index in [2.05, 4.69) is 64.9 Å². The van der Waals surface area contributed by atoms with Gasteiger partial charge >= 0.3 is 0 Å². The predicted molar refractivity (Wildman–Crippen MR) is 156 cm³/mol. The van der Waals surface area contributed by atoms with Gasteiger partial charge < -0.3 is 9.80 Å². The van der Waals surface area contributed by atoms with Crippen LogP contribution in [0.4, 0.5) is 11.5 Å². The van der Waals surface area contributed by atoms with Crippen LogP contribution in [0, 0.1) is 0 Å². The number of aromatic nitrogens is 4. The van der Waals surface area contributed by atoms with E-state index in [0.717, 1.165) is 68.9 Å². The van der Waals surface area contributed by atoms with Gasteiger partial charge in [0.05, 0.1) is 5.69 Å². The molecule has 0 amide bonds. The maximum atomic E-state index is 4.98. The van der Waals surface area contributed by atoms with E-state index in [0.29, 0.717) is 5.92 Å². The van der Waals surface area contributed by atoms with Crippen LogP contribution in [0.2, 0.25) is 0 Å². The first-order valence-corrected chi connectivity index (χ1v) is 12.8. The molecule has 0 radical (unpaired) electrons. The van der Waals surface area contributed by atoms with E-state index in [-0.39, 0.29) is 37.2 Å². The molecule has 1 aliphatic carbocycles. The number of piperazine rings is 1. The zero-order valence-electron chi connectivity index (χ0n) is 21.4. The summed E-state index contributed by atoms with van der Waals surface area (Å²) in [4.78, 5) is 17.3. The summed E-state index contributed by atoms with van der Waals surface area (Å²) in [6.45, 7) is 11.4. The molecule has 10 heteroatoms. The Morgan fingerprint density at radius 3 is 2.17 bits per heavy atom. The Morgan fingerprint density at radius 2 is 1.53 bits per heavy atom. The Balaban J connectivity index is 0.00000152. The quantitative estimate of drug-likeness (QED) is 0.377. The fraction of sp³-hybridized carbons (Fsp3) is 0.577. The van der Waals surface area contributed by atoms with Crippen LogP contribution in [0.1, 0.15) is 63.4 Å². The van der Waals surface area contributed by atoms with Crippen molar-refractivity contribution in [2.75, 3.05) is 49.1 Å². The van der Waals surface area contributed by atoms with Gasteiger partial charge in [0.25, 0.3) is 5.78 Å². The molecule has 7 nitrogen and oxygen atoms in total. The maximum absolute atomic E-state index is 4.98. The fourth-order valence-electron chi connectivity index (χ4n) is 5.34. The van der Waals surface area contributed by atoms with E-state index >= 15 is 0 Å². The second kappa shape index (κ2) is 14.2. The van der Waals surface area contributed by atoms with Crippen molar-refractivity contribution in [3.8, 4) is 0 Å². The lowest BCUT2D eigenvalue weighted by Gasteiger charge is -2.36. The van der Waals surface area contributed by atoms with Crippen molar-refractivity contribution >= 4 is 54.5 Å². The monoisotopic (exact) mass is 555 g/mol. The first kappa shape index (κ1) is 30.4. The highest BCUT2D eigenvalue weighted by Crippen LogP contribution is 2.31. The minimum atomic E-state index is 0. The SMILES string of the molecule is CCN(CC)c1cc(CN2CCN(c3ccccc3)CC2)nc2nc(C3CCCCC3)nn12.Cl.Cl.Cl. The van der Waals surface area contributed by atoms with E-state index in [9.17, 15) is 0 Å². The van der Waals surface area contributed by atoms with Crippen LogP contribution in [0.25, 0.3) is 5.78 Å². The van der Waals surface area contributed by atoms with Crippen LogP contribution in [0.15, 0.2) is 36.4 Å². The van der Waals surface area contributed by atoms with Crippen molar-refractivity contribution in [3.63, 3.8) is 0 Å². The molecule has 200 valence electrons. The molecule has 5 rings (SSSR count). The van der Waals surface area contributed by atoms with Gasteiger partial charge in [0.15, 0.2) is 5.82 Å². The highest BCUT2D eigenvalue weighted by atomic mass is 35.5. The third-order valence-electron chi connectivity index (χ3n) is 7.30. The second-order valence-corrected chi connectivity index (χ2v) is 9.39. The first-order chi connectivity index (χ1) is 16.2. The topological polar surface area (TPSA) is 52.8 Å². The average Bonchev–Trinajstić information content (AvgIpc) is 3.31. The lowest BCUT2D eigenvalue weighted by Crippen LogP contribution is -2.46. The summed E-state index contributed by atoms with van der Waals surface area (Å²) in [7, 11) is 0. The summed E-state index contributed by atoms with van der Waals surface area (Å²) in [5, 5.41) is 4.97. The molecule has 0 N–H and O–H groups in total. The van der Waals surface area contributed by atoms with Gasteiger partial charge in [-0.25, -0.2) is 4.98 Å². The van der Waals surface area contributed by atoms with Crippen LogP contribution in [-0.4, -0.2) is 63.8 Å². The summed E-state index contributed by atoms with van der Waals surface area (Å²) >= 11 is 0. The molecule has 1 aliphatic heterocycles. The largest absolute Gasteiger partial charge is 0.369 e. The lowest BCUT2D eigenvalue weighted by atomic mass is 9.89. The standard InChI is InChI=1S/C26H37N7.3ClH/c1-3-31(4-2)24-19-22(20-30-15-17-32(18-16-30)23-13-9-6-10-14-23)27-26-28-25(29-33(24)26)21-11-7-5-8-12-21;;;/h6,9-10,13-14,19,21H,3-5,7-8,11-12,15-18,20H2,1-2H3;3*1H. The molecule has 1 saturated heterocycles. The molecule has 3 aromatic rings. The molecule has 0 bridgehead atoms. The van der Waals surface area contributed by atoms with Gasteiger partial charge in [0.2, 0.25) is 0 Å². The molecular formula is C26H40Cl3N7. The van der Waals surface area contributed by atoms with Crippen LogP contribution < -0.4 is 9.80 Å². The van der Waals surface area contributed by atoms with Crippen LogP contribution >= 0.6 is 37.2 Å². The molecule has 2 aliphatic rings. The molecule has 1 aromatic carbocycles. The van der Waals surface area contributed by atoms with Crippen molar-refractivity contribution in [2.45, 2.75) is 58.4 Å². The normalized spacial score (nSPS) is 16.7. The number of fused-ring (bicyclic) bond motifs is 1. The Hall–Kier alpha value is -1.80. The molecule has 0 atom stereocenters. The van der Waals surface area contributed by atoms with Gasteiger partial charge in [-0.2, -0.15) is 9.50 Å². The number of rotatable bonds is 7. The van der Waals surface area contributed by atoms with E-state index in [1.54, 1.807) is 0 Å². The van der Waals surface area contributed by atoms with Gasteiger partial charge in [0.1, 0.15) is 5.82 Å². The summed E-state index contributed by atoms with van der Waals surface area (Å²) < 4.78 is 1.99. The second-order valence-electron chi connectivity index (χ2n) is 9.39. The Bertz CT molecular complexity index is 1040. The number of anilines is 2. The third kappa shape index (κ3) is 6.74. The first-order valence-electron chi connectivity index (χ1n) is 12.8. The number of hydrogen-bond donors (Lipinski definition) is 0. The molecule has 0 unspecified atom stereocenters. The maximum Gasteiger partial charge on any atom is 0.254 e.